The molecule has 0 amide bonds. The fraction of sp³-hybridized carbons (Fsp3) is 0.733. The minimum atomic E-state index is 0.438. The van der Waals surface area contributed by atoms with Crippen LogP contribution in [0.2, 0.25) is 0 Å². The first-order valence-corrected chi connectivity index (χ1v) is 8.16. The van der Waals surface area contributed by atoms with Crippen LogP contribution in [0.15, 0.2) is 0 Å². The summed E-state index contributed by atoms with van der Waals surface area (Å²) >= 11 is 5.95. The standard InChI is InChI=1S/C15H25ClN4/c1-5-7-11(3)20-13(9-10-16)17-14-12(8-6-2)18-19(4)15(14)20/h11H,5-10H2,1-4H3. The molecule has 2 aromatic heterocycles. The maximum absolute atomic E-state index is 5.95. The van der Waals surface area contributed by atoms with E-state index in [1.54, 1.807) is 0 Å². The van der Waals surface area contributed by atoms with Crippen LogP contribution >= 0.6 is 11.6 Å². The number of hydrogen-bond acceptors (Lipinski definition) is 2. The van der Waals surface area contributed by atoms with Gasteiger partial charge in [0.1, 0.15) is 11.3 Å². The molecule has 1 unspecified atom stereocenters. The second-order valence-electron chi connectivity index (χ2n) is 5.47. The number of fused-ring (bicyclic) bond motifs is 1. The smallest absolute Gasteiger partial charge is 0.158 e. The SMILES string of the molecule is CCCc1nn(C)c2c1nc(CCCl)n2C(C)CCC. The van der Waals surface area contributed by atoms with Gasteiger partial charge < -0.3 is 4.57 Å². The number of rotatable bonds is 7. The van der Waals surface area contributed by atoms with Crippen molar-refractivity contribution in [2.75, 3.05) is 5.88 Å². The molecule has 0 fully saturated rings. The van der Waals surface area contributed by atoms with Gasteiger partial charge in [-0.25, -0.2) is 4.98 Å². The third-order valence-corrected chi connectivity index (χ3v) is 3.95. The Bertz CT molecular complexity index is 570. The van der Waals surface area contributed by atoms with E-state index in [1.807, 2.05) is 11.7 Å². The number of nitrogens with zero attached hydrogens (tertiary/aromatic N) is 4. The van der Waals surface area contributed by atoms with Crippen LogP contribution < -0.4 is 0 Å². The first-order chi connectivity index (χ1) is 9.63. The highest BCUT2D eigenvalue weighted by molar-refractivity contribution is 6.17. The fourth-order valence-corrected chi connectivity index (χ4v) is 3.09. The molecule has 2 aromatic rings. The summed E-state index contributed by atoms with van der Waals surface area (Å²) in [4.78, 5) is 4.84. The van der Waals surface area contributed by atoms with Crippen molar-refractivity contribution in [3.8, 4) is 0 Å². The molecule has 0 aliphatic heterocycles. The Morgan fingerprint density at radius 1 is 1.20 bits per heavy atom. The Kier molecular flexibility index (Phi) is 5.08. The topological polar surface area (TPSA) is 35.6 Å². The van der Waals surface area contributed by atoms with Crippen molar-refractivity contribution in [1.82, 2.24) is 19.3 Å². The average Bonchev–Trinajstić information content (AvgIpc) is 2.90. The zero-order chi connectivity index (χ0) is 14.7. The van der Waals surface area contributed by atoms with Gasteiger partial charge in [0.25, 0.3) is 0 Å². The van der Waals surface area contributed by atoms with Gasteiger partial charge in [-0.15, -0.1) is 11.6 Å². The van der Waals surface area contributed by atoms with E-state index in [0.29, 0.717) is 11.9 Å². The van der Waals surface area contributed by atoms with E-state index in [2.05, 4.69) is 30.4 Å². The summed E-state index contributed by atoms with van der Waals surface area (Å²) in [5.41, 5.74) is 3.33. The predicted octanol–water partition coefficient (Wildman–Crippen LogP) is 3.86. The van der Waals surface area contributed by atoms with Crippen molar-refractivity contribution < 1.29 is 0 Å². The minimum absolute atomic E-state index is 0.438. The van der Waals surface area contributed by atoms with Crippen LogP contribution in [0.4, 0.5) is 0 Å². The van der Waals surface area contributed by atoms with Crippen LogP contribution in [0.5, 0.6) is 0 Å². The number of aryl methyl sites for hydroxylation is 3. The van der Waals surface area contributed by atoms with Crippen molar-refractivity contribution in [3.63, 3.8) is 0 Å². The molecule has 112 valence electrons. The highest BCUT2D eigenvalue weighted by Crippen LogP contribution is 2.26. The number of aromatic nitrogens is 4. The zero-order valence-electron chi connectivity index (χ0n) is 13.0. The van der Waals surface area contributed by atoms with Gasteiger partial charge in [-0.05, 0) is 19.8 Å². The Balaban J connectivity index is 2.58. The van der Waals surface area contributed by atoms with Crippen molar-refractivity contribution in [1.29, 1.82) is 0 Å². The van der Waals surface area contributed by atoms with Crippen LogP contribution in [-0.4, -0.2) is 25.2 Å². The molecule has 0 bridgehead atoms. The monoisotopic (exact) mass is 296 g/mol. The lowest BCUT2D eigenvalue weighted by molar-refractivity contribution is 0.486. The maximum atomic E-state index is 5.95. The molecule has 0 saturated carbocycles. The molecule has 0 aliphatic rings. The highest BCUT2D eigenvalue weighted by atomic mass is 35.5. The summed E-state index contributed by atoms with van der Waals surface area (Å²) in [7, 11) is 2.02. The molecule has 0 spiro atoms. The quantitative estimate of drug-likeness (QED) is 0.727. The first kappa shape index (κ1) is 15.4. The lowest BCUT2D eigenvalue weighted by Crippen LogP contribution is -2.12. The highest BCUT2D eigenvalue weighted by Gasteiger charge is 2.21. The molecular formula is C15H25ClN4. The molecule has 4 nitrogen and oxygen atoms in total. The van der Waals surface area contributed by atoms with Gasteiger partial charge >= 0.3 is 0 Å². The van der Waals surface area contributed by atoms with Gasteiger partial charge in [0.2, 0.25) is 0 Å². The van der Waals surface area contributed by atoms with E-state index in [9.17, 15) is 0 Å². The fourth-order valence-electron chi connectivity index (χ4n) is 2.92. The predicted molar refractivity (Wildman–Crippen MR) is 84.5 cm³/mol. The van der Waals surface area contributed by atoms with Crippen LogP contribution in [-0.2, 0) is 19.9 Å². The molecular weight excluding hydrogens is 272 g/mol. The lowest BCUT2D eigenvalue weighted by Gasteiger charge is -2.16. The van der Waals surface area contributed by atoms with Gasteiger partial charge in [-0.2, -0.15) is 5.10 Å². The summed E-state index contributed by atoms with van der Waals surface area (Å²) in [5, 5.41) is 4.64. The number of alkyl halides is 1. The Morgan fingerprint density at radius 2 is 1.95 bits per heavy atom. The van der Waals surface area contributed by atoms with E-state index in [1.165, 1.54) is 6.42 Å². The summed E-state index contributed by atoms with van der Waals surface area (Å²) in [6.07, 6.45) is 5.21. The van der Waals surface area contributed by atoms with Crippen LogP contribution in [0.1, 0.15) is 57.6 Å². The normalized spacial score (nSPS) is 13.2. The molecule has 2 heterocycles. The van der Waals surface area contributed by atoms with Gasteiger partial charge in [0.15, 0.2) is 5.65 Å². The molecule has 0 saturated heterocycles. The molecule has 0 aromatic carbocycles. The number of hydrogen-bond donors (Lipinski definition) is 0. The van der Waals surface area contributed by atoms with E-state index in [0.717, 1.165) is 48.4 Å². The van der Waals surface area contributed by atoms with Crippen LogP contribution in [0.25, 0.3) is 11.2 Å². The third kappa shape index (κ3) is 2.71. The second kappa shape index (κ2) is 6.61. The largest absolute Gasteiger partial charge is 0.310 e. The van der Waals surface area contributed by atoms with Crippen molar-refractivity contribution >= 4 is 22.8 Å². The van der Waals surface area contributed by atoms with Crippen molar-refractivity contribution in [2.24, 2.45) is 7.05 Å². The van der Waals surface area contributed by atoms with E-state index in [4.69, 9.17) is 16.6 Å². The molecule has 0 radical (unpaired) electrons. The summed E-state index contributed by atoms with van der Waals surface area (Å²) in [6, 6.07) is 0.438. The second-order valence-corrected chi connectivity index (χ2v) is 5.85. The molecule has 2 rings (SSSR count). The molecule has 1 atom stereocenters. The third-order valence-electron chi connectivity index (χ3n) is 3.76. The Hall–Kier alpha value is -1.03. The summed E-state index contributed by atoms with van der Waals surface area (Å²) < 4.78 is 4.32. The maximum Gasteiger partial charge on any atom is 0.158 e. The van der Waals surface area contributed by atoms with Gasteiger partial charge in [-0.1, -0.05) is 26.7 Å². The zero-order valence-corrected chi connectivity index (χ0v) is 13.7. The molecule has 0 N–H and O–H groups in total. The van der Waals surface area contributed by atoms with E-state index < -0.39 is 0 Å². The summed E-state index contributed by atoms with van der Waals surface area (Å²) in [5.74, 6) is 1.71. The number of halogens is 1. The van der Waals surface area contributed by atoms with Crippen LogP contribution in [0.3, 0.4) is 0 Å². The first-order valence-electron chi connectivity index (χ1n) is 7.62. The van der Waals surface area contributed by atoms with Gasteiger partial charge in [0, 0.05) is 25.4 Å². The lowest BCUT2D eigenvalue weighted by atomic mass is 10.2. The van der Waals surface area contributed by atoms with Gasteiger partial charge in [-0.3, -0.25) is 4.68 Å². The van der Waals surface area contributed by atoms with Gasteiger partial charge in [0.05, 0.1) is 5.69 Å². The molecule has 20 heavy (non-hydrogen) atoms. The minimum Gasteiger partial charge on any atom is -0.310 e. The number of imidazole rings is 1. The van der Waals surface area contributed by atoms with E-state index >= 15 is 0 Å². The average molecular weight is 297 g/mol. The molecule has 0 aliphatic carbocycles. The molecule has 5 heteroatoms. The van der Waals surface area contributed by atoms with Crippen molar-refractivity contribution in [2.45, 2.75) is 58.9 Å². The Morgan fingerprint density at radius 3 is 2.55 bits per heavy atom. The van der Waals surface area contributed by atoms with Crippen LogP contribution in [0, 0.1) is 0 Å². The Labute approximate surface area is 126 Å². The van der Waals surface area contributed by atoms with Crippen molar-refractivity contribution in [3.05, 3.63) is 11.5 Å². The van der Waals surface area contributed by atoms with E-state index in [-0.39, 0.29) is 0 Å². The summed E-state index contributed by atoms with van der Waals surface area (Å²) in [6.45, 7) is 6.66.